The van der Waals surface area contributed by atoms with Crippen LogP contribution in [0.1, 0.15) is 65.4 Å². The number of unbranched alkanes of at least 4 members (excludes halogenated alkanes) is 6. The van der Waals surface area contributed by atoms with Gasteiger partial charge in [0.15, 0.2) is 0 Å². The number of nitrogens with two attached hydrogens (primary N) is 1. The zero-order valence-corrected chi connectivity index (χ0v) is 16.3. The van der Waals surface area contributed by atoms with Crippen molar-refractivity contribution in [2.45, 2.75) is 70.8 Å². The molecular formula is C16H28N3NaO3. The van der Waals surface area contributed by atoms with Gasteiger partial charge in [-0.2, -0.15) is 0 Å². The maximum atomic E-state index is 11.7. The van der Waals surface area contributed by atoms with E-state index in [0.29, 0.717) is 0 Å². The standard InChI is InChI=1S/C16H27N3O3.Na.H/c1-2-3-4-5-6-7-8-9-15(20)22-16(21)14(17)10-13-11-18-12-19-13;;/h11-12,14H,2-10,17H2,1H3,(H,18,19);;/q;+1;-1. The van der Waals surface area contributed by atoms with Crippen LogP contribution < -0.4 is 35.3 Å². The van der Waals surface area contributed by atoms with E-state index in [2.05, 4.69) is 16.9 Å². The van der Waals surface area contributed by atoms with Gasteiger partial charge in [-0.15, -0.1) is 0 Å². The van der Waals surface area contributed by atoms with E-state index < -0.39 is 18.0 Å². The van der Waals surface area contributed by atoms with Gasteiger partial charge < -0.3 is 16.9 Å². The first-order chi connectivity index (χ1) is 10.6. The number of imidazole rings is 1. The van der Waals surface area contributed by atoms with Gasteiger partial charge in [0.25, 0.3) is 0 Å². The second-order valence-electron chi connectivity index (χ2n) is 5.55. The van der Waals surface area contributed by atoms with Gasteiger partial charge in [0.2, 0.25) is 0 Å². The predicted molar refractivity (Wildman–Crippen MR) is 85.1 cm³/mol. The molecule has 1 aromatic rings. The monoisotopic (exact) mass is 333 g/mol. The molecule has 0 bridgehead atoms. The topological polar surface area (TPSA) is 98.1 Å². The number of esters is 2. The van der Waals surface area contributed by atoms with E-state index in [9.17, 15) is 9.59 Å². The molecule has 0 aliphatic carbocycles. The molecule has 0 saturated heterocycles. The molecule has 6 nitrogen and oxygen atoms in total. The smallest absolute Gasteiger partial charge is 1.00 e. The van der Waals surface area contributed by atoms with E-state index in [0.717, 1.165) is 25.0 Å². The number of H-pyrrole nitrogens is 1. The van der Waals surface area contributed by atoms with Gasteiger partial charge in [0.05, 0.1) is 6.33 Å². The number of ether oxygens (including phenoxy) is 1. The number of aromatic nitrogens is 2. The second kappa shape index (κ2) is 13.7. The van der Waals surface area contributed by atoms with E-state index in [1.807, 2.05) is 0 Å². The normalized spacial score (nSPS) is 11.6. The molecule has 1 atom stereocenters. The molecule has 0 radical (unpaired) electrons. The van der Waals surface area contributed by atoms with Crippen LogP contribution in [0.4, 0.5) is 0 Å². The molecule has 7 heteroatoms. The van der Waals surface area contributed by atoms with Crippen LogP contribution in [0.2, 0.25) is 0 Å². The zero-order valence-electron chi connectivity index (χ0n) is 15.3. The van der Waals surface area contributed by atoms with Crippen molar-refractivity contribution in [2.24, 2.45) is 5.73 Å². The number of aromatic amines is 1. The Kier molecular flexibility index (Phi) is 13.3. The summed E-state index contributed by atoms with van der Waals surface area (Å²) in [6, 6.07) is -0.849. The first-order valence-electron chi connectivity index (χ1n) is 8.10. The summed E-state index contributed by atoms with van der Waals surface area (Å²) in [4.78, 5) is 30.0. The number of nitrogens with zero attached hydrogens (tertiary/aromatic N) is 1. The Bertz CT molecular complexity index is 444. The summed E-state index contributed by atoms with van der Waals surface area (Å²) in [5.41, 5.74) is 6.44. The van der Waals surface area contributed by atoms with Crippen LogP contribution >= 0.6 is 0 Å². The molecule has 1 aromatic heterocycles. The van der Waals surface area contributed by atoms with Crippen LogP contribution in [0.5, 0.6) is 0 Å². The van der Waals surface area contributed by atoms with Crippen LogP contribution in [-0.4, -0.2) is 27.9 Å². The predicted octanol–water partition coefficient (Wildman–Crippen LogP) is -0.393. The summed E-state index contributed by atoms with van der Waals surface area (Å²) < 4.78 is 4.77. The summed E-state index contributed by atoms with van der Waals surface area (Å²) in [6.07, 6.45) is 11.5. The van der Waals surface area contributed by atoms with Crippen molar-refractivity contribution in [3.05, 3.63) is 18.2 Å². The van der Waals surface area contributed by atoms with Gasteiger partial charge in [-0.25, -0.2) is 9.78 Å². The van der Waals surface area contributed by atoms with Crippen molar-refractivity contribution in [2.75, 3.05) is 0 Å². The molecule has 1 heterocycles. The SMILES string of the molecule is CCCCCCCCCC(=O)OC(=O)C(N)Cc1cnc[nH]1.[H-].[Na+]. The largest absolute Gasteiger partial charge is 1.00 e. The molecule has 0 fully saturated rings. The Morgan fingerprint density at radius 1 is 1.26 bits per heavy atom. The van der Waals surface area contributed by atoms with Crippen molar-refractivity contribution >= 4 is 11.9 Å². The molecule has 126 valence electrons. The van der Waals surface area contributed by atoms with Gasteiger partial charge in [0.1, 0.15) is 6.04 Å². The number of hydrogen-bond donors (Lipinski definition) is 2. The molecule has 1 rings (SSSR count). The van der Waals surface area contributed by atoms with Crippen molar-refractivity contribution in [1.29, 1.82) is 0 Å². The first kappa shape index (κ1) is 22.3. The number of carbonyl (C=O) groups excluding carboxylic acids is 2. The van der Waals surface area contributed by atoms with E-state index in [1.54, 1.807) is 6.20 Å². The average Bonchev–Trinajstić information content (AvgIpc) is 2.99. The molecule has 0 aliphatic heterocycles. The molecule has 23 heavy (non-hydrogen) atoms. The maximum absolute atomic E-state index is 11.7. The summed E-state index contributed by atoms with van der Waals surface area (Å²) in [7, 11) is 0. The molecule has 0 aromatic carbocycles. The fourth-order valence-electron chi connectivity index (χ4n) is 2.18. The van der Waals surface area contributed by atoms with Gasteiger partial charge in [0, 0.05) is 24.7 Å². The van der Waals surface area contributed by atoms with E-state index in [1.165, 1.54) is 32.0 Å². The minimum absolute atomic E-state index is 0. The van der Waals surface area contributed by atoms with E-state index in [-0.39, 0.29) is 43.8 Å². The fraction of sp³-hybridized carbons (Fsp3) is 0.688. The number of hydrogen-bond acceptors (Lipinski definition) is 5. The molecule has 1 unspecified atom stereocenters. The zero-order chi connectivity index (χ0) is 16.2. The summed E-state index contributed by atoms with van der Waals surface area (Å²) in [6.45, 7) is 2.18. The molecule has 0 aliphatic rings. The Labute approximate surface area is 161 Å². The quantitative estimate of drug-likeness (QED) is 0.249. The van der Waals surface area contributed by atoms with Crippen LogP contribution in [0, 0.1) is 0 Å². The van der Waals surface area contributed by atoms with Crippen LogP contribution in [0.25, 0.3) is 0 Å². The summed E-state index contributed by atoms with van der Waals surface area (Å²) >= 11 is 0. The molecule has 3 N–H and O–H groups in total. The minimum atomic E-state index is -0.849. The fourth-order valence-corrected chi connectivity index (χ4v) is 2.18. The van der Waals surface area contributed by atoms with Crippen molar-refractivity contribution in [3.63, 3.8) is 0 Å². The first-order valence-corrected chi connectivity index (χ1v) is 8.10. The molecule has 0 spiro atoms. The van der Waals surface area contributed by atoms with Crippen molar-refractivity contribution < 1.29 is 45.3 Å². The minimum Gasteiger partial charge on any atom is -1.00 e. The Morgan fingerprint density at radius 2 is 1.91 bits per heavy atom. The van der Waals surface area contributed by atoms with Gasteiger partial charge >= 0.3 is 41.5 Å². The third-order valence-electron chi connectivity index (χ3n) is 3.50. The van der Waals surface area contributed by atoms with Gasteiger partial charge in [-0.3, -0.25) is 4.79 Å². The van der Waals surface area contributed by atoms with Crippen LogP contribution in [-0.2, 0) is 20.7 Å². The van der Waals surface area contributed by atoms with Gasteiger partial charge in [-0.05, 0) is 6.42 Å². The Hall–Kier alpha value is -0.690. The van der Waals surface area contributed by atoms with Gasteiger partial charge in [-0.1, -0.05) is 45.4 Å². The molecule has 0 saturated carbocycles. The third kappa shape index (κ3) is 10.7. The Morgan fingerprint density at radius 3 is 2.52 bits per heavy atom. The van der Waals surface area contributed by atoms with Crippen LogP contribution in [0.15, 0.2) is 12.5 Å². The molecular weight excluding hydrogens is 305 g/mol. The summed E-state index contributed by atoms with van der Waals surface area (Å²) in [5, 5.41) is 0. The summed E-state index contributed by atoms with van der Waals surface area (Å²) in [5.74, 6) is -1.17. The second-order valence-corrected chi connectivity index (χ2v) is 5.55. The van der Waals surface area contributed by atoms with Crippen molar-refractivity contribution in [3.8, 4) is 0 Å². The number of rotatable bonds is 11. The number of nitrogens with one attached hydrogen (secondary N) is 1. The van der Waals surface area contributed by atoms with E-state index >= 15 is 0 Å². The third-order valence-corrected chi connectivity index (χ3v) is 3.50. The van der Waals surface area contributed by atoms with Crippen molar-refractivity contribution in [1.82, 2.24) is 9.97 Å². The maximum Gasteiger partial charge on any atom is 1.00 e. The Balaban J connectivity index is 0. The van der Waals surface area contributed by atoms with Crippen LogP contribution in [0.3, 0.4) is 0 Å². The number of carbonyl (C=O) groups is 2. The van der Waals surface area contributed by atoms with E-state index in [4.69, 9.17) is 10.5 Å². The molecule has 0 amide bonds. The average molecular weight is 333 g/mol.